The van der Waals surface area contributed by atoms with Crippen LogP contribution in [0.4, 0.5) is 0 Å². The van der Waals surface area contributed by atoms with E-state index in [9.17, 15) is 0 Å². The molecule has 86 valence electrons. The van der Waals surface area contributed by atoms with E-state index in [1.807, 2.05) is 30.6 Å². The predicted octanol–water partition coefficient (Wildman–Crippen LogP) is 2.79. The molecule has 4 heteroatoms. The van der Waals surface area contributed by atoms with E-state index in [4.69, 9.17) is 5.41 Å². The molecule has 0 bridgehead atoms. The second kappa shape index (κ2) is 3.96. The number of aromatic nitrogens is 1. The van der Waals surface area contributed by atoms with Crippen LogP contribution in [-0.4, -0.2) is 15.7 Å². The molecular weight excluding hydrogens is 230 g/mol. The molecule has 1 aromatic carbocycles. The van der Waals surface area contributed by atoms with Gasteiger partial charge in [-0.2, -0.15) is 0 Å². The van der Waals surface area contributed by atoms with E-state index in [2.05, 4.69) is 16.0 Å². The first-order chi connectivity index (χ1) is 8.25. The van der Waals surface area contributed by atoms with E-state index in [1.165, 1.54) is 10.4 Å². The summed E-state index contributed by atoms with van der Waals surface area (Å²) in [4.78, 5) is 7.61. The van der Waals surface area contributed by atoms with Crippen LogP contribution in [0.5, 0.6) is 0 Å². The molecule has 0 fully saturated rings. The van der Waals surface area contributed by atoms with Crippen molar-refractivity contribution in [2.24, 2.45) is 0 Å². The standard InChI is InChI=1S/C13H13N3S/c1-9-12(17-8-15-9)7-16-6-10-4-2-3-5-11(10)13(16)14/h2-5,8,14H,6-7H2,1H3. The average molecular weight is 243 g/mol. The number of amidine groups is 1. The Kier molecular flexibility index (Phi) is 2.44. The van der Waals surface area contributed by atoms with Gasteiger partial charge in [-0.15, -0.1) is 11.3 Å². The molecule has 0 radical (unpaired) electrons. The third-order valence-electron chi connectivity index (χ3n) is 3.13. The molecule has 2 aromatic rings. The highest BCUT2D eigenvalue weighted by molar-refractivity contribution is 7.09. The zero-order valence-corrected chi connectivity index (χ0v) is 10.4. The second-order valence-electron chi connectivity index (χ2n) is 4.22. The molecular formula is C13H13N3S. The van der Waals surface area contributed by atoms with E-state index >= 15 is 0 Å². The molecule has 1 aliphatic rings. The second-order valence-corrected chi connectivity index (χ2v) is 5.16. The lowest BCUT2D eigenvalue weighted by Crippen LogP contribution is -2.23. The van der Waals surface area contributed by atoms with Crippen LogP contribution in [0.2, 0.25) is 0 Å². The lowest BCUT2D eigenvalue weighted by Gasteiger charge is -2.16. The van der Waals surface area contributed by atoms with Gasteiger partial charge in [0.15, 0.2) is 0 Å². The first-order valence-corrected chi connectivity index (χ1v) is 6.44. The summed E-state index contributed by atoms with van der Waals surface area (Å²) in [5, 5.41) is 8.17. The smallest absolute Gasteiger partial charge is 0.129 e. The summed E-state index contributed by atoms with van der Waals surface area (Å²) in [6.45, 7) is 3.66. The summed E-state index contributed by atoms with van der Waals surface area (Å²) in [6, 6.07) is 8.16. The molecule has 0 spiro atoms. The van der Waals surface area contributed by atoms with Crippen molar-refractivity contribution in [3.63, 3.8) is 0 Å². The van der Waals surface area contributed by atoms with Crippen molar-refractivity contribution in [1.82, 2.24) is 9.88 Å². The Morgan fingerprint density at radius 2 is 2.24 bits per heavy atom. The quantitative estimate of drug-likeness (QED) is 0.881. The van der Waals surface area contributed by atoms with Crippen LogP contribution >= 0.6 is 11.3 Å². The maximum Gasteiger partial charge on any atom is 0.129 e. The lowest BCUT2D eigenvalue weighted by molar-refractivity contribution is 0.425. The number of benzene rings is 1. The number of aryl methyl sites for hydroxylation is 1. The van der Waals surface area contributed by atoms with Gasteiger partial charge in [0, 0.05) is 17.0 Å². The summed E-state index contributed by atoms with van der Waals surface area (Å²) in [7, 11) is 0. The maximum absolute atomic E-state index is 8.17. The Morgan fingerprint density at radius 1 is 1.41 bits per heavy atom. The van der Waals surface area contributed by atoms with Gasteiger partial charge in [-0.05, 0) is 12.5 Å². The lowest BCUT2D eigenvalue weighted by atomic mass is 10.1. The molecule has 3 rings (SSSR count). The van der Waals surface area contributed by atoms with Gasteiger partial charge in [-0.1, -0.05) is 24.3 Å². The molecule has 0 saturated heterocycles. The molecule has 0 unspecified atom stereocenters. The minimum absolute atomic E-state index is 0.633. The summed E-state index contributed by atoms with van der Waals surface area (Å²) in [5.41, 5.74) is 5.27. The van der Waals surface area contributed by atoms with Crippen molar-refractivity contribution < 1.29 is 0 Å². The van der Waals surface area contributed by atoms with Gasteiger partial charge in [0.05, 0.1) is 17.7 Å². The van der Waals surface area contributed by atoms with E-state index in [1.54, 1.807) is 11.3 Å². The van der Waals surface area contributed by atoms with Crippen molar-refractivity contribution in [2.45, 2.75) is 20.0 Å². The van der Waals surface area contributed by atoms with Gasteiger partial charge in [0.2, 0.25) is 0 Å². The fourth-order valence-corrected chi connectivity index (χ4v) is 2.92. The zero-order valence-electron chi connectivity index (χ0n) is 9.60. The Hall–Kier alpha value is -1.68. The summed E-state index contributed by atoms with van der Waals surface area (Å²) in [6.07, 6.45) is 0. The SMILES string of the molecule is Cc1ncsc1CN1Cc2ccccc2C1=N. The molecule has 17 heavy (non-hydrogen) atoms. The van der Waals surface area contributed by atoms with Crippen molar-refractivity contribution in [3.8, 4) is 0 Å². The zero-order chi connectivity index (χ0) is 11.8. The number of rotatable bonds is 2. The maximum atomic E-state index is 8.17. The van der Waals surface area contributed by atoms with Crippen LogP contribution < -0.4 is 0 Å². The van der Waals surface area contributed by atoms with E-state index in [-0.39, 0.29) is 0 Å². The van der Waals surface area contributed by atoms with Crippen molar-refractivity contribution >= 4 is 17.2 Å². The monoisotopic (exact) mass is 243 g/mol. The Balaban J connectivity index is 1.85. The van der Waals surface area contributed by atoms with Crippen LogP contribution in [0.15, 0.2) is 29.8 Å². The van der Waals surface area contributed by atoms with Gasteiger partial charge < -0.3 is 4.90 Å². The largest absolute Gasteiger partial charge is 0.347 e. The Bertz CT molecular complexity index is 574. The van der Waals surface area contributed by atoms with Crippen LogP contribution in [-0.2, 0) is 13.1 Å². The number of thiazole rings is 1. The van der Waals surface area contributed by atoms with Crippen molar-refractivity contribution in [1.29, 1.82) is 5.41 Å². The molecule has 2 heterocycles. The number of fused-ring (bicyclic) bond motifs is 1. The van der Waals surface area contributed by atoms with Gasteiger partial charge in [0.25, 0.3) is 0 Å². The summed E-state index contributed by atoms with van der Waals surface area (Å²) >= 11 is 1.67. The highest BCUT2D eigenvalue weighted by Gasteiger charge is 2.24. The van der Waals surface area contributed by atoms with Gasteiger partial charge in [-0.25, -0.2) is 4.98 Å². The fourth-order valence-electron chi connectivity index (χ4n) is 2.13. The molecule has 1 aromatic heterocycles. The van der Waals surface area contributed by atoms with Crippen LogP contribution in [0.1, 0.15) is 21.7 Å². The van der Waals surface area contributed by atoms with Crippen molar-refractivity contribution in [3.05, 3.63) is 51.5 Å². The first kappa shape index (κ1) is 10.5. The Labute approximate surface area is 104 Å². The average Bonchev–Trinajstić information content (AvgIpc) is 2.87. The minimum atomic E-state index is 0.633. The third kappa shape index (κ3) is 1.74. The van der Waals surface area contributed by atoms with E-state index in [0.29, 0.717) is 5.84 Å². The number of hydrogen-bond acceptors (Lipinski definition) is 3. The number of hydrogen-bond donors (Lipinski definition) is 1. The minimum Gasteiger partial charge on any atom is -0.347 e. The highest BCUT2D eigenvalue weighted by atomic mass is 32.1. The number of nitrogens with one attached hydrogen (secondary N) is 1. The van der Waals surface area contributed by atoms with Crippen LogP contribution in [0, 0.1) is 12.3 Å². The first-order valence-electron chi connectivity index (χ1n) is 5.56. The third-order valence-corrected chi connectivity index (χ3v) is 4.05. The summed E-state index contributed by atoms with van der Waals surface area (Å²) < 4.78 is 0. The molecule has 0 saturated carbocycles. The molecule has 0 atom stereocenters. The normalized spacial score (nSPS) is 14.2. The molecule has 1 N–H and O–H groups in total. The molecule has 3 nitrogen and oxygen atoms in total. The predicted molar refractivity (Wildman–Crippen MR) is 69.4 cm³/mol. The van der Waals surface area contributed by atoms with E-state index < -0.39 is 0 Å². The van der Waals surface area contributed by atoms with E-state index in [0.717, 1.165) is 24.3 Å². The number of nitrogens with zero attached hydrogens (tertiary/aromatic N) is 2. The van der Waals surface area contributed by atoms with Gasteiger partial charge in [0.1, 0.15) is 5.84 Å². The molecule has 0 amide bonds. The van der Waals surface area contributed by atoms with Crippen LogP contribution in [0.25, 0.3) is 0 Å². The summed E-state index contributed by atoms with van der Waals surface area (Å²) in [5.74, 6) is 0.633. The van der Waals surface area contributed by atoms with Gasteiger partial charge in [-0.3, -0.25) is 5.41 Å². The van der Waals surface area contributed by atoms with Crippen LogP contribution in [0.3, 0.4) is 0 Å². The molecule has 1 aliphatic heterocycles. The fraction of sp³-hybridized carbons (Fsp3) is 0.231. The highest BCUT2D eigenvalue weighted by Crippen LogP contribution is 2.25. The topological polar surface area (TPSA) is 40.0 Å². The van der Waals surface area contributed by atoms with Gasteiger partial charge >= 0.3 is 0 Å². The Morgan fingerprint density at radius 3 is 2.94 bits per heavy atom. The molecule has 0 aliphatic carbocycles. The van der Waals surface area contributed by atoms with Crippen molar-refractivity contribution in [2.75, 3.05) is 0 Å².